The molecule has 0 rings (SSSR count). The van der Waals surface area contributed by atoms with Crippen LogP contribution in [0.25, 0.3) is 0 Å². The molecular formula is C18H32N2O4. The summed E-state index contributed by atoms with van der Waals surface area (Å²) in [5, 5.41) is 0. The Hall–Kier alpha value is -1.77. The molecule has 0 heterocycles. The van der Waals surface area contributed by atoms with E-state index in [9.17, 15) is 14.4 Å². The zero-order valence-corrected chi connectivity index (χ0v) is 15.8. The molecule has 24 heavy (non-hydrogen) atoms. The Bertz CT molecular complexity index is 423. The minimum Gasteiger partial charge on any atom is -0.469 e. The van der Waals surface area contributed by atoms with Gasteiger partial charge >= 0.3 is 5.97 Å². The molecule has 0 saturated heterocycles. The van der Waals surface area contributed by atoms with Crippen molar-refractivity contribution in [2.75, 3.05) is 20.2 Å². The lowest BCUT2D eigenvalue weighted by molar-refractivity contribution is -0.140. The van der Waals surface area contributed by atoms with Gasteiger partial charge < -0.3 is 4.74 Å². The van der Waals surface area contributed by atoms with E-state index in [-0.39, 0.29) is 11.4 Å². The molecule has 0 aliphatic heterocycles. The van der Waals surface area contributed by atoms with Gasteiger partial charge in [-0.1, -0.05) is 40.5 Å². The van der Waals surface area contributed by atoms with Crippen LogP contribution in [-0.2, 0) is 19.1 Å². The Balaban J connectivity index is 0. The SMILES string of the molecule is CC(CCN=C=O)CC(C)(C)CN=C=O.CCCCCC(=O)OC. The Morgan fingerprint density at radius 1 is 1.17 bits per heavy atom. The van der Waals surface area contributed by atoms with Crippen molar-refractivity contribution in [3.8, 4) is 0 Å². The van der Waals surface area contributed by atoms with E-state index >= 15 is 0 Å². The molecule has 0 bridgehead atoms. The van der Waals surface area contributed by atoms with Gasteiger partial charge in [0.2, 0.25) is 12.2 Å². The monoisotopic (exact) mass is 340 g/mol. The van der Waals surface area contributed by atoms with Crippen LogP contribution in [0, 0.1) is 11.3 Å². The second kappa shape index (κ2) is 16.1. The lowest BCUT2D eigenvalue weighted by Crippen LogP contribution is -2.19. The van der Waals surface area contributed by atoms with Gasteiger partial charge in [0.05, 0.1) is 20.2 Å². The summed E-state index contributed by atoms with van der Waals surface area (Å²) in [7, 11) is 1.42. The summed E-state index contributed by atoms with van der Waals surface area (Å²) in [4.78, 5) is 37.4. The van der Waals surface area contributed by atoms with Gasteiger partial charge in [-0.15, -0.1) is 0 Å². The third-order valence-electron chi connectivity index (χ3n) is 3.48. The van der Waals surface area contributed by atoms with Crippen molar-refractivity contribution in [2.45, 2.75) is 66.2 Å². The standard InChI is InChI=1S/C11H18N2O2.C7H14O2/c1-10(4-5-12-8-14)6-11(2,3)7-13-9-15;1-3-4-5-6-7(8)9-2/h10H,4-7H2,1-3H3;3-6H2,1-2H3. The first-order valence-electron chi connectivity index (χ1n) is 8.47. The molecule has 0 N–H and O–H groups in total. The molecule has 0 aliphatic carbocycles. The number of aliphatic imine (C=N–C) groups is 2. The molecular weight excluding hydrogens is 308 g/mol. The van der Waals surface area contributed by atoms with Gasteiger partial charge in [0.1, 0.15) is 0 Å². The molecule has 0 aromatic carbocycles. The Morgan fingerprint density at radius 2 is 1.79 bits per heavy atom. The fraction of sp³-hybridized carbons (Fsp3) is 0.833. The van der Waals surface area contributed by atoms with Gasteiger partial charge in [-0.05, 0) is 30.6 Å². The van der Waals surface area contributed by atoms with Crippen LogP contribution in [0.4, 0.5) is 0 Å². The zero-order valence-electron chi connectivity index (χ0n) is 15.8. The van der Waals surface area contributed by atoms with Crippen LogP contribution in [0.3, 0.4) is 0 Å². The van der Waals surface area contributed by atoms with Crippen molar-refractivity contribution in [1.82, 2.24) is 0 Å². The van der Waals surface area contributed by atoms with Crippen molar-refractivity contribution in [3.05, 3.63) is 0 Å². The zero-order chi connectivity index (χ0) is 18.8. The number of hydrogen-bond donors (Lipinski definition) is 0. The summed E-state index contributed by atoms with van der Waals surface area (Å²) in [6, 6.07) is 0. The van der Waals surface area contributed by atoms with E-state index in [1.807, 2.05) is 0 Å². The highest BCUT2D eigenvalue weighted by Crippen LogP contribution is 2.27. The average molecular weight is 340 g/mol. The molecule has 138 valence electrons. The molecule has 0 saturated carbocycles. The molecule has 6 nitrogen and oxygen atoms in total. The van der Waals surface area contributed by atoms with Crippen LogP contribution in [-0.4, -0.2) is 38.3 Å². The van der Waals surface area contributed by atoms with Gasteiger partial charge in [0.15, 0.2) is 0 Å². The van der Waals surface area contributed by atoms with Crippen LogP contribution < -0.4 is 0 Å². The largest absolute Gasteiger partial charge is 0.469 e. The Morgan fingerprint density at radius 3 is 2.29 bits per heavy atom. The van der Waals surface area contributed by atoms with Gasteiger partial charge in [0, 0.05) is 6.42 Å². The van der Waals surface area contributed by atoms with Crippen LogP contribution in [0.1, 0.15) is 66.2 Å². The number of isocyanates is 2. The lowest BCUT2D eigenvalue weighted by Gasteiger charge is -2.25. The molecule has 0 aromatic heterocycles. The number of unbranched alkanes of at least 4 members (excludes halogenated alkanes) is 2. The van der Waals surface area contributed by atoms with Crippen molar-refractivity contribution in [2.24, 2.45) is 21.3 Å². The summed E-state index contributed by atoms with van der Waals surface area (Å²) in [5.74, 6) is 0.363. The van der Waals surface area contributed by atoms with E-state index in [0.717, 1.165) is 32.1 Å². The first-order chi connectivity index (χ1) is 11.3. The van der Waals surface area contributed by atoms with E-state index < -0.39 is 0 Å². The van der Waals surface area contributed by atoms with E-state index in [1.54, 1.807) is 6.08 Å². The van der Waals surface area contributed by atoms with Crippen molar-refractivity contribution < 1.29 is 19.1 Å². The number of rotatable bonds is 11. The second-order valence-electron chi connectivity index (χ2n) is 6.68. The van der Waals surface area contributed by atoms with Crippen LogP contribution in [0.2, 0.25) is 0 Å². The minimum absolute atomic E-state index is 0.00171. The fourth-order valence-corrected chi connectivity index (χ4v) is 2.31. The first kappa shape index (κ1) is 24.5. The predicted molar refractivity (Wildman–Crippen MR) is 94.3 cm³/mol. The lowest BCUT2D eigenvalue weighted by atomic mass is 9.82. The summed E-state index contributed by atoms with van der Waals surface area (Å²) < 4.78 is 4.46. The smallest absolute Gasteiger partial charge is 0.305 e. The Labute approximate surface area is 145 Å². The summed E-state index contributed by atoms with van der Waals surface area (Å²) in [6.07, 6.45) is 8.70. The van der Waals surface area contributed by atoms with Gasteiger partial charge in [-0.3, -0.25) is 4.79 Å². The topological polar surface area (TPSA) is 85.2 Å². The quantitative estimate of drug-likeness (QED) is 0.247. The fourth-order valence-electron chi connectivity index (χ4n) is 2.31. The molecule has 1 atom stereocenters. The molecule has 0 spiro atoms. The molecule has 0 radical (unpaired) electrons. The van der Waals surface area contributed by atoms with Gasteiger partial charge in [-0.2, -0.15) is 0 Å². The number of nitrogens with zero attached hydrogens (tertiary/aromatic N) is 2. The third-order valence-corrected chi connectivity index (χ3v) is 3.48. The third kappa shape index (κ3) is 18.3. The Kier molecular flexibility index (Phi) is 16.4. The van der Waals surface area contributed by atoms with Gasteiger partial charge in [-0.25, -0.2) is 19.6 Å². The highest BCUT2D eigenvalue weighted by Gasteiger charge is 2.20. The predicted octanol–water partition coefficient (Wildman–Crippen LogP) is 3.84. The number of carbonyl (C=O) groups is 1. The molecule has 0 amide bonds. The van der Waals surface area contributed by atoms with Crippen molar-refractivity contribution >= 4 is 18.1 Å². The van der Waals surface area contributed by atoms with Gasteiger partial charge in [0.25, 0.3) is 0 Å². The number of hydrogen-bond acceptors (Lipinski definition) is 6. The summed E-state index contributed by atoms with van der Waals surface area (Å²) in [6.45, 7) is 9.36. The number of carbonyl (C=O) groups excluding carboxylic acids is 3. The van der Waals surface area contributed by atoms with Crippen LogP contribution >= 0.6 is 0 Å². The van der Waals surface area contributed by atoms with E-state index in [1.165, 1.54) is 13.2 Å². The minimum atomic E-state index is -0.0940. The van der Waals surface area contributed by atoms with E-state index in [2.05, 4.69) is 42.4 Å². The molecule has 6 heteroatoms. The summed E-state index contributed by atoms with van der Waals surface area (Å²) in [5.41, 5.74) is 0.00171. The molecule has 0 fully saturated rings. The van der Waals surface area contributed by atoms with E-state index in [0.29, 0.717) is 25.4 Å². The highest BCUT2D eigenvalue weighted by atomic mass is 16.5. The number of methoxy groups -OCH3 is 1. The van der Waals surface area contributed by atoms with Crippen molar-refractivity contribution in [1.29, 1.82) is 0 Å². The maximum absolute atomic E-state index is 10.5. The summed E-state index contributed by atoms with van der Waals surface area (Å²) >= 11 is 0. The molecule has 0 aliphatic rings. The number of ether oxygens (including phenoxy) is 1. The van der Waals surface area contributed by atoms with Crippen LogP contribution in [0.5, 0.6) is 0 Å². The highest BCUT2D eigenvalue weighted by molar-refractivity contribution is 5.68. The van der Waals surface area contributed by atoms with Crippen molar-refractivity contribution in [3.63, 3.8) is 0 Å². The molecule has 0 aromatic rings. The average Bonchev–Trinajstić information content (AvgIpc) is 2.53. The second-order valence-corrected chi connectivity index (χ2v) is 6.68. The normalized spacial score (nSPS) is 11.2. The maximum atomic E-state index is 10.5. The number of esters is 1. The first-order valence-corrected chi connectivity index (χ1v) is 8.47. The van der Waals surface area contributed by atoms with Crippen LogP contribution in [0.15, 0.2) is 9.98 Å². The maximum Gasteiger partial charge on any atom is 0.305 e. The van der Waals surface area contributed by atoms with E-state index in [4.69, 9.17) is 0 Å². The molecule has 1 unspecified atom stereocenters.